The van der Waals surface area contributed by atoms with E-state index >= 15 is 0 Å². The number of aliphatic hydroxyl groups is 1. The van der Waals surface area contributed by atoms with E-state index < -0.39 is 5.60 Å². The molecule has 0 spiro atoms. The third kappa shape index (κ3) is 1.68. The normalized spacial score (nSPS) is 41.7. The highest BCUT2D eigenvalue weighted by Gasteiger charge is 2.30. The van der Waals surface area contributed by atoms with Gasteiger partial charge < -0.3 is 15.6 Å². The third-order valence-electron chi connectivity index (χ3n) is 2.03. The highest BCUT2D eigenvalue weighted by molar-refractivity contribution is 4.83. The quantitative estimate of drug-likeness (QED) is 0.540. The molecule has 0 aromatic carbocycles. The van der Waals surface area contributed by atoms with Crippen LogP contribution in [0.1, 0.15) is 19.8 Å². The number of hydrogen-bond donors (Lipinski definition) is 2. The minimum absolute atomic E-state index is 0.284. The Morgan fingerprint density at radius 2 is 2.50 bits per heavy atom. The molecule has 1 aliphatic rings. The van der Waals surface area contributed by atoms with Crippen LogP contribution in [0.5, 0.6) is 0 Å². The molecule has 0 saturated carbocycles. The van der Waals surface area contributed by atoms with Crippen molar-refractivity contribution in [2.24, 2.45) is 5.73 Å². The number of rotatable bonds is 1. The summed E-state index contributed by atoms with van der Waals surface area (Å²) in [5.41, 5.74) is 4.61. The summed E-state index contributed by atoms with van der Waals surface area (Å²) in [6.07, 6.45) is 1.96. The average Bonchev–Trinajstić information content (AvgIpc) is 1.96. The molecule has 0 unspecified atom stereocenters. The maximum atomic E-state index is 9.55. The summed E-state index contributed by atoms with van der Waals surface area (Å²) in [6.45, 7) is 2.71. The van der Waals surface area contributed by atoms with Crippen molar-refractivity contribution in [1.82, 2.24) is 0 Å². The second-order valence-corrected chi connectivity index (χ2v) is 3.09. The fourth-order valence-corrected chi connectivity index (χ4v) is 1.09. The van der Waals surface area contributed by atoms with Gasteiger partial charge in [-0.25, -0.2) is 0 Å². The molecule has 0 bridgehead atoms. The van der Waals surface area contributed by atoms with Crippen molar-refractivity contribution in [2.45, 2.75) is 31.5 Å². The van der Waals surface area contributed by atoms with Gasteiger partial charge in [-0.15, -0.1) is 0 Å². The van der Waals surface area contributed by atoms with E-state index in [0.29, 0.717) is 13.2 Å². The van der Waals surface area contributed by atoms with Crippen LogP contribution in [0, 0.1) is 0 Å². The van der Waals surface area contributed by atoms with E-state index in [1.165, 1.54) is 0 Å². The van der Waals surface area contributed by atoms with Crippen LogP contribution in [-0.4, -0.2) is 30.0 Å². The molecule has 0 radical (unpaired) electrons. The van der Waals surface area contributed by atoms with Crippen molar-refractivity contribution in [2.75, 3.05) is 13.2 Å². The molecular weight excluding hydrogens is 130 g/mol. The SMILES string of the molecule is C[C@@H]1CC[C@](O)(CN)CO1. The molecule has 1 heterocycles. The number of hydrogen-bond acceptors (Lipinski definition) is 3. The molecule has 1 fully saturated rings. The highest BCUT2D eigenvalue weighted by Crippen LogP contribution is 2.21. The topological polar surface area (TPSA) is 55.5 Å². The van der Waals surface area contributed by atoms with Crippen LogP contribution in [0.4, 0.5) is 0 Å². The molecule has 3 N–H and O–H groups in total. The lowest BCUT2D eigenvalue weighted by atomic mass is 9.94. The van der Waals surface area contributed by atoms with E-state index in [0.717, 1.165) is 12.8 Å². The predicted octanol–water partition coefficient (Wildman–Crippen LogP) is -0.125. The van der Waals surface area contributed by atoms with Gasteiger partial charge in [-0.3, -0.25) is 0 Å². The Morgan fingerprint density at radius 1 is 1.80 bits per heavy atom. The second-order valence-electron chi connectivity index (χ2n) is 3.09. The van der Waals surface area contributed by atoms with E-state index in [4.69, 9.17) is 10.5 Å². The van der Waals surface area contributed by atoms with Crippen LogP contribution in [0.25, 0.3) is 0 Å². The standard InChI is InChI=1S/C7H15NO2/c1-6-2-3-7(9,4-8)5-10-6/h6,9H,2-5,8H2,1H3/t6-,7+/m1/s1. The summed E-state index contributed by atoms with van der Waals surface area (Å²) in [5.74, 6) is 0. The Hall–Kier alpha value is -0.120. The molecule has 10 heavy (non-hydrogen) atoms. The summed E-state index contributed by atoms with van der Waals surface area (Å²) in [4.78, 5) is 0. The summed E-state index contributed by atoms with van der Waals surface area (Å²) < 4.78 is 5.25. The number of nitrogens with two attached hydrogens (primary N) is 1. The molecule has 0 aromatic heterocycles. The van der Waals surface area contributed by atoms with Gasteiger partial charge in [0.05, 0.1) is 12.7 Å². The van der Waals surface area contributed by atoms with Crippen LogP contribution >= 0.6 is 0 Å². The lowest BCUT2D eigenvalue weighted by Crippen LogP contribution is -2.46. The van der Waals surface area contributed by atoms with Gasteiger partial charge in [-0.05, 0) is 19.8 Å². The van der Waals surface area contributed by atoms with Crippen LogP contribution in [0.15, 0.2) is 0 Å². The Labute approximate surface area is 61.2 Å². The first-order chi connectivity index (χ1) is 4.66. The van der Waals surface area contributed by atoms with Crippen LogP contribution in [0.3, 0.4) is 0 Å². The molecule has 3 heteroatoms. The van der Waals surface area contributed by atoms with Crippen molar-refractivity contribution < 1.29 is 9.84 Å². The van der Waals surface area contributed by atoms with Gasteiger partial charge in [0.25, 0.3) is 0 Å². The second kappa shape index (κ2) is 2.86. The first-order valence-electron chi connectivity index (χ1n) is 3.70. The zero-order chi connectivity index (χ0) is 7.61. The van der Waals surface area contributed by atoms with Crippen LogP contribution in [0.2, 0.25) is 0 Å². The lowest BCUT2D eigenvalue weighted by molar-refractivity contribution is -0.108. The summed E-state index contributed by atoms with van der Waals surface area (Å²) in [7, 11) is 0. The van der Waals surface area contributed by atoms with Gasteiger partial charge in [0, 0.05) is 6.54 Å². The van der Waals surface area contributed by atoms with E-state index in [9.17, 15) is 5.11 Å². The minimum atomic E-state index is -0.744. The monoisotopic (exact) mass is 145 g/mol. The Balaban J connectivity index is 2.38. The molecule has 0 aromatic rings. The third-order valence-corrected chi connectivity index (χ3v) is 2.03. The van der Waals surface area contributed by atoms with Gasteiger partial charge in [-0.2, -0.15) is 0 Å². The maximum absolute atomic E-state index is 9.55. The highest BCUT2D eigenvalue weighted by atomic mass is 16.5. The molecule has 1 rings (SSSR count). The molecule has 3 nitrogen and oxygen atoms in total. The van der Waals surface area contributed by atoms with E-state index in [-0.39, 0.29) is 6.10 Å². The fraction of sp³-hybridized carbons (Fsp3) is 1.00. The van der Waals surface area contributed by atoms with Gasteiger partial charge in [0.2, 0.25) is 0 Å². The Kier molecular flexibility index (Phi) is 2.28. The molecule has 0 amide bonds. The summed E-state index contributed by atoms with van der Waals surface area (Å²) in [5, 5.41) is 9.55. The average molecular weight is 145 g/mol. The van der Waals surface area contributed by atoms with E-state index in [1.54, 1.807) is 0 Å². The molecule has 1 saturated heterocycles. The van der Waals surface area contributed by atoms with Crippen LogP contribution < -0.4 is 5.73 Å². The summed E-state index contributed by atoms with van der Waals surface area (Å²) >= 11 is 0. The fourth-order valence-electron chi connectivity index (χ4n) is 1.09. The zero-order valence-corrected chi connectivity index (χ0v) is 6.34. The van der Waals surface area contributed by atoms with Crippen molar-refractivity contribution in [1.29, 1.82) is 0 Å². The van der Waals surface area contributed by atoms with Gasteiger partial charge in [0.1, 0.15) is 5.60 Å². The van der Waals surface area contributed by atoms with Gasteiger partial charge in [0.15, 0.2) is 0 Å². The molecule has 1 aliphatic heterocycles. The molecule has 2 atom stereocenters. The lowest BCUT2D eigenvalue weighted by Gasteiger charge is -2.33. The molecular formula is C7H15NO2. The Morgan fingerprint density at radius 3 is 2.90 bits per heavy atom. The first kappa shape index (κ1) is 7.98. The maximum Gasteiger partial charge on any atom is 0.100 e. The minimum Gasteiger partial charge on any atom is -0.386 e. The van der Waals surface area contributed by atoms with Crippen LogP contribution in [-0.2, 0) is 4.74 Å². The zero-order valence-electron chi connectivity index (χ0n) is 6.34. The van der Waals surface area contributed by atoms with Crippen molar-refractivity contribution in [3.05, 3.63) is 0 Å². The van der Waals surface area contributed by atoms with Crippen molar-refractivity contribution >= 4 is 0 Å². The summed E-state index contributed by atoms with van der Waals surface area (Å²) in [6, 6.07) is 0. The van der Waals surface area contributed by atoms with E-state index in [2.05, 4.69) is 0 Å². The Bertz CT molecular complexity index is 108. The predicted molar refractivity (Wildman–Crippen MR) is 38.7 cm³/mol. The molecule has 0 aliphatic carbocycles. The van der Waals surface area contributed by atoms with Crippen molar-refractivity contribution in [3.63, 3.8) is 0 Å². The van der Waals surface area contributed by atoms with E-state index in [1.807, 2.05) is 6.92 Å². The first-order valence-corrected chi connectivity index (χ1v) is 3.70. The smallest absolute Gasteiger partial charge is 0.100 e. The van der Waals surface area contributed by atoms with Gasteiger partial charge >= 0.3 is 0 Å². The largest absolute Gasteiger partial charge is 0.386 e. The van der Waals surface area contributed by atoms with Gasteiger partial charge in [-0.1, -0.05) is 0 Å². The number of ether oxygens (including phenoxy) is 1. The van der Waals surface area contributed by atoms with Crippen molar-refractivity contribution in [3.8, 4) is 0 Å². The molecule has 60 valence electrons.